The standard InChI is InChI=1S/C17H33NO3/c1-4-7-8-9-12-16(19)15-18(5-2,6-3)14-11-10-13-17(20)21/h12H,4-11,13-15H2,1-3H3,(H-,19,20,21)/p+1/b16-12-. The molecule has 0 aromatic heterocycles. The van der Waals surface area contributed by atoms with E-state index in [1.54, 1.807) is 0 Å². The summed E-state index contributed by atoms with van der Waals surface area (Å²) in [6.45, 7) is 10.0. The minimum Gasteiger partial charge on any atom is -0.507 e. The normalized spacial score (nSPS) is 12.6. The number of nitrogens with zero attached hydrogens (tertiary/aromatic N) is 1. The zero-order chi connectivity index (χ0) is 16.1. The van der Waals surface area contributed by atoms with Crippen molar-refractivity contribution in [2.45, 2.75) is 65.7 Å². The van der Waals surface area contributed by atoms with Gasteiger partial charge in [-0.2, -0.15) is 0 Å². The van der Waals surface area contributed by atoms with Gasteiger partial charge in [0.2, 0.25) is 0 Å². The van der Waals surface area contributed by atoms with Gasteiger partial charge in [-0.05, 0) is 45.6 Å². The van der Waals surface area contributed by atoms with Crippen LogP contribution >= 0.6 is 0 Å². The van der Waals surface area contributed by atoms with Gasteiger partial charge >= 0.3 is 5.97 Å². The summed E-state index contributed by atoms with van der Waals surface area (Å²) in [4.78, 5) is 10.6. The van der Waals surface area contributed by atoms with Crippen LogP contribution in [0.2, 0.25) is 0 Å². The molecule has 0 aromatic carbocycles. The van der Waals surface area contributed by atoms with Gasteiger partial charge in [-0.3, -0.25) is 4.79 Å². The second-order valence-electron chi connectivity index (χ2n) is 5.90. The Morgan fingerprint density at radius 2 is 1.67 bits per heavy atom. The zero-order valence-corrected chi connectivity index (χ0v) is 14.1. The van der Waals surface area contributed by atoms with E-state index >= 15 is 0 Å². The molecule has 0 aliphatic rings. The fourth-order valence-electron chi connectivity index (χ4n) is 2.64. The molecule has 0 aliphatic carbocycles. The van der Waals surface area contributed by atoms with Crippen LogP contribution in [0.3, 0.4) is 0 Å². The highest BCUT2D eigenvalue weighted by atomic mass is 16.4. The quantitative estimate of drug-likeness (QED) is 0.305. The zero-order valence-electron chi connectivity index (χ0n) is 14.1. The highest BCUT2D eigenvalue weighted by Gasteiger charge is 2.24. The Labute approximate surface area is 130 Å². The summed E-state index contributed by atoms with van der Waals surface area (Å²) in [6.07, 6.45) is 8.32. The molecule has 4 nitrogen and oxygen atoms in total. The van der Waals surface area contributed by atoms with Crippen molar-refractivity contribution in [3.05, 3.63) is 11.8 Å². The van der Waals surface area contributed by atoms with Crippen LogP contribution in [0.4, 0.5) is 0 Å². The summed E-state index contributed by atoms with van der Waals surface area (Å²) in [5.74, 6) is -0.229. The van der Waals surface area contributed by atoms with E-state index in [9.17, 15) is 9.90 Å². The van der Waals surface area contributed by atoms with Gasteiger partial charge in [-0.1, -0.05) is 19.8 Å². The van der Waals surface area contributed by atoms with Gasteiger partial charge in [0.15, 0.2) is 0 Å². The van der Waals surface area contributed by atoms with Gasteiger partial charge < -0.3 is 14.7 Å². The summed E-state index contributed by atoms with van der Waals surface area (Å²) in [5.41, 5.74) is 0. The number of aliphatic hydroxyl groups excluding tert-OH is 1. The molecule has 0 radical (unpaired) electrons. The molecule has 0 aliphatic heterocycles. The predicted molar refractivity (Wildman–Crippen MR) is 87.4 cm³/mol. The number of allylic oxidation sites excluding steroid dienone is 1. The van der Waals surface area contributed by atoms with E-state index in [0.29, 0.717) is 12.3 Å². The number of rotatable bonds is 13. The molecule has 0 atom stereocenters. The van der Waals surface area contributed by atoms with Gasteiger partial charge in [-0.25, -0.2) is 0 Å². The molecule has 0 rings (SSSR count). The van der Waals surface area contributed by atoms with Gasteiger partial charge in [0.1, 0.15) is 12.3 Å². The number of carboxylic acids is 1. The van der Waals surface area contributed by atoms with Crippen molar-refractivity contribution in [2.24, 2.45) is 0 Å². The van der Waals surface area contributed by atoms with E-state index in [4.69, 9.17) is 5.11 Å². The Morgan fingerprint density at radius 1 is 1.00 bits per heavy atom. The number of quaternary nitrogens is 1. The molecule has 4 heteroatoms. The molecule has 0 unspecified atom stereocenters. The van der Waals surface area contributed by atoms with Crippen LogP contribution in [0.25, 0.3) is 0 Å². The van der Waals surface area contributed by atoms with E-state index in [1.165, 1.54) is 12.8 Å². The third-order valence-corrected chi connectivity index (χ3v) is 4.30. The van der Waals surface area contributed by atoms with Crippen LogP contribution in [-0.4, -0.2) is 46.8 Å². The molecule has 0 heterocycles. The lowest BCUT2D eigenvalue weighted by molar-refractivity contribution is -0.921. The number of hydrogen-bond donors (Lipinski definition) is 2. The van der Waals surface area contributed by atoms with Crippen molar-refractivity contribution in [1.29, 1.82) is 0 Å². The number of aliphatic hydroxyl groups is 1. The molecule has 0 bridgehead atoms. The first kappa shape index (κ1) is 20.0. The van der Waals surface area contributed by atoms with E-state index < -0.39 is 5.97 Å². The first-order chi connectivity index (χ1) is 9.99. The smallest absolute Gasteiger partial charge is 0.303 e. The third-order valence-electron chi connectivity index (χ3n) is 4.30. The molecule has 21 heavy (non-hydrogen) atoms. The molecule has 0 aromatic rings. The minimum absolute atomic E-state index is 0.242. The van der Waals surface area contributed by atoms with Crippen molar-refractivity contribution in [3.8, 4) is 0 Å². The molecule has 0 spiro atoms. The molecule has 124 valence electrons. The summed E-state index contributed by atoms with van der Waals surface area (Å²) >= 11 is 0. The van der Waals surface area contributed by atoms with Crippen molar-refractivity contribution >= 4 is 5.97 Å². The Bertz CT molecular complexity index is 309. The summed E-state index contributed by atoms with van der Waals surface area (Å²) in [6, 6.07) is 0. The maximum Gasteiger partial charge on any atom is 0.303 e. The second-order valence-corrected chi connectivity index (χ2v) is 5.90. The van der Waals surface area contributed by atoms with Crippen molar-refractivity contribution in [2.75, 3.05) is 26.2 Å². The maximum atomic E-state index is 10.6. The van der Waals surface area contributed by atoms with Crippen LogP contribution in [-0.2, 0) is 4.79 Å². The van der Waals surface area contributed by atoms with Crippen LogP contribution in [0, 0.1) is 0 Å². The number of unbranched alkanes of at least 4 members (excludes halogenated alkanes) is 4. The van der Waals surface area contributed by atoms with Gasteiger partial charge in [-0.15, -0.1) is 0 Å². The summed E-state index contributed by atoms with van der Waals surface area (Å²) in [5, 5.41) is 18.8. The molecule has 0 saturated heterocycles. The van der Waals surface area contributed by atoms with E-state index in [1.807, 2.05) is 6.08 Å². The number of carboxylic acid groups (broad SMARTS) is 1. The first-order valence-electron chi connectivity index (χ1n) is 8.44. The van der Waals surface area contributed by atoms with E-state index in [2.05, 4.69) is 20.8 Å². The summed E-state index contributed by atoms with van der Waals surface area (Å²) < 4.78 is 0.843. The highest BCUT2D eigenvalue weighted by Crippen LogP contribution is 2.14. The third kappa shape index (κ3) is 9.51. The number of likely N-dealkylation sites (N-methyl/N-ethyl adjacent to an activating group) is 1. The van der Waals surface area contributed by atoms with E-state index in [0.717, 1.165) is 49.8 Å². The first-order valence-corrected chi connectivity index (χ1v) is 8.44. The Morgan fingerprint density at radius 3 is 2.19 bits per heavy atom. The topological polar surface area (TPSA) is 57.5 Å². The van der Waals surface area contributed by atoms with Gasteiger partial charge in [0.05, 0.1) is 19.6 Å². The number of hydrogen-bond acceptors (Lipinski definition) is 2. The molecule has 0 amide bonds. The average Bonchev–Trinajstić information content (AvgIpc) is 2.46. The molecule has 0 saturated carbocycles. The molecule has 2 N–H and O–H groups in total. The Balaban J connectivity index is 4.32. The molecular weight excluding hydrogens is 266 g/mol. The van der Waals surface area contributed by atoms with Crippen LogP contribution in [0.1, 0.15) is 65.7 Å². The number of aliphatic carboxylic acids is 1. The molecular formula is C17H34NO3+. The monoisotopic (exact) mass is 300 g/mol. The van der Waals surface area contributed by atoms with Gasteiger partial charge in [0, 0.05) is 6.42 Å². The van der Waals surface area contributed by atoms with Crippen molar-refractivity contribution < 1.29 is 19.5 Å². The average molecular weight is 300 g/mol. The number of carbonyl (C=O) groups is 1. The van der Waals surface area contributed by atoms with Crippen molar-refractivity contribution in [3.63, 3.8) is 0 Å². The Hall–Kier alpha value is -1.03. The second kappa shape index (κ2) is 11.6. The lowest BCUT2D eigenvalue weighted by Crippen LogP contribution is -2.49. The van der Waals surface area contributed by atoms with Crippen LogP contribution in [0.15, 0.2) is 11.8 Å². The van der Waals surface area contributed by atoms with Crippen LogP contribution in [0.5, 0.6) is 0 Å². The van der Waals surface area contributed by atoms with Crippen molar-refractivity contribution in [1.82, 2.24) is 0 Å². The van der Waals surface area contributed by atoms with Gasteiger partial charge in [0.25, 0.3) is 0 Å². The fourth-order valence-corrected chi connectivity index (χ4v) is 2.64. The van der Waals surface area contributed by atoms with Crippen LogP contribution < -0.4 is 0 Å². The van der Waals surface area contributed by atoms with E-state index in [-0.39, 0.29) is 6.42 Å². The Kier molecular flexibility index (Phi) is 11.0. The minimum atomic E-state index is -0.722. The molecule has 0 fully saturated rings. The SMILES string of the molecule is CCCCC/C=C(\O)C[N+](CC)(CC)CCCCC(=O)O. The predicted octanol–water partition coefficient (Wildman–Crippen LogP) is 4.12. The summed E-state index contributed by atoms with van der Waals surface area (Å²) in [7, 11) is 0. The fraction of sp³-hybridized carbons (Fsp3) is 0.824. The maximum absolute atomic E-state index is 10.6. The lowest BCUT2D eigenvalue weighted by atomic mass is 10.1. The largest absolute Gasteiger partial charge is 0.507 e. The lowest BCUT2D eigenvalue weighted by Gasteiger charge is -2.36. The highest BCUT2D eigenvalue weighted by molar-refractivity contribution is 5.66.